The fourth-order valence-electron chi connectivity index (χ4n) is 0.621. The normalized spacial score (nSPS) is 7.92. The number of hydrogen-bond donors (Lipinski definition) is 2. The predicted octanol–water partition coefficient (Wildman–Crippen LogP) is 1.13. The standard InChI is InChI=1S/C6H7BO3.C2H3F/c8-7(9)10-6-4-2-1-3-5-6;1-2-3/h1-5,8-9H;2H,1H2. The molecule has 0 aliphatic rings. The van der Waals surface area contributed by atoms with Crippen molar-refractivity contribution >= 4 is 7.32 Å². The highest BCUT2D eigenvalue weighted by atomic mass is 19.1. The smallest absolute Gasteiger partial charge is 0.512 e. The van der Waals surface area contributed by atoms with Gasteiger partial charge in [0.05, 0.1) is 6.33 Å². The average Bonchev–Trinajstić information content (AvgIpc) is 2.06. The molecule has 0 spiro atoms. The van der Waals surface area contributed by atoms with Crippen molar-refractivity contribution in [1.82, 2.24) is 0 Å². The molecular weight excluding hydrogens is 174 g/mol. The quantitative estimate of drug-likeness (QED) is 0.677. The molecule has 70 valence electrons. The van der Waals surface area contributed by atoms with E-state index < -0.39 is 7.32 Å². The maximum Gasteiger partial charge on any atom is 0.707 e. The third kappa shape index (κ3) is 7.05. The van der Waals surface area contributed by atoms with E-state index in [1.54, 1.807) is 24.3 Å². The largest absolute Gasteiger partial charge is 0.707 e. The number of halogens is 1. The summed E-state index contributed by atoms with van der Waals surface area (Å²) in [5.74, 6) is 0.442. The zero-order valence-corrected chi connectivity index (χ0v) is 6.93. The van der Waals surface area contributed by atoms with Gasteiger partial charge in [-0.15, -0.1) is 0 Å². The molecule has 13 heavy (non-hydrogen) atoms. The van der Waals surface area contributed by atoms with Gasteiger partial charge in [0, 0.05) is 0 Å². The fourth-order valence-corrected chi connectivity index (χ4v) is 0.621. The van der Waals surface area contributed by atoms with Gasteiger partial charge in [-0.3, -0.25) is 0 Å². The lowest BCUT2D eigenvalue weighted by Crippen LogP contribution is -2.20. The summed E-state index contributed by atoms with van der Waals surface area (Å²) in [6, 6.07) is 8.59. The van der Waals surface area contributed by atoms with Crippen molar-refractivity contribution < 1.29 is 19.1 Å². The van der Waals surface area contributed by atoms with Gasteiger partial charge in [-0.05, 0) is 12.1 Å². The van der Waals surface area contributed by atoms with E-state index in [1.165, 1.54) is 0 Å². The van der Waals surface area contributed by atoms with Crippen molar-refractivity contribution in [2.75, 3.05) is 0 Å². The third-order valence-electron chi connectivity index (χ3n) is 0.985. The van der Waals surface area contributed by atoms with E-state index in [9.17, 15) is 4.39 Å². The molecule has 5 heteroatoms. The first-order valence-corrected chi connectivity index (χ1v) is 3.49. The summed E-state index contributed by atoms with van der Waals surface area (Å²) < 4.78 is 14.6. The van der Waals surface area contributed by atoms with E-state index in [0.717, 1.165) is 0 Å². The Labute approximate surface area is 76.3 Å². The summed E-state index contributed by atoms with van der Waals surface area (Å²) in [5, 5.41) is 16.7. The zero-order chi connectivity index (χ0) is 10.1. The lowest BCUT2D eigenvalue weighted by molar-refractivity contribution is 0.288. The number of rotatable bonds is 2. The van der Waals surface area contributed by atoms with Gasteiger partial charge in [0.1, 0.15) is 5.75 Å². The lowest BCUT2D eigenvalue weighted by atomic mass is 10.2. The second-order valence-corrected chi connectivity index (χ2v) is 1.91. The second-order valence-electron chi connectivity index (χ2n) is 1.91. The van der Waals surface area contributed by atoms with E-state index in [1.807, 2.05) is 6.07 Å². The molecule has 0 bridgehead atoms. The van der Waals surface area contributed by atoms with E-state index in [-0.39, 0.29) is 6.33 Å². The van der Waals surface area contributed by atoms with Crippen molar-refractivity contribution in [3.63, 3.8) is 0 Å². The summed E-state index contributed by atoms with van der Waals surface area (Å²) in [7, 11) is -1.73. The summed E-state index contributed by atoms with van der Waals surface area (Å²) in [4.78, 5) is 0. The highest BCUT2D eigenvalue weighted by molar-refractivity contribution is 6.33. The molecule has 0 amide bonds. The predicted molar refractivity (Wildman–Crippen MR) is 48.6 cm³/mol. The summed E-state index contributed by atoms with van der Waals surface area (Å²) >= 11 is 0. The maximum atomic E-state index is 10.1. The van der Waals surface area contributed by atoms with Crippen molar-refractivity contribution in [3.8, 4) is 5.75 Å². The van der Waals surface area contributed by atoms with Gasteiger partial charge >= 0.3 is 7.32 Å². The SMILES string of the molecule is C=CF.OB(O)Oc1ccccc1. The van der Waals surface area contributed by atoms with Crippen LogP contribution in [0.1, 0.15) is 0 Å². The van der Waals surface area contributed by atoms with E-state index in [0.29, 0.717) is 5.75 Å². The molecule has 1 aromatic carbocycles. The van der Waals surface area contributed by atoms with Crippen LogP contribution in [-0.4, -0.2) is 17.4 Å². The molecule has 2 N–H and O–H groups in total. The Kier molecular flexibility index (Phi) is 6.58. The van der Waals surface area contributed by atoms with Crippen molar-refractivity contribution in [3.05, 3.63) is 43.2 Å². The van der Waals surface area contributed by atoms with Gasteiger partial charge in [0.2, 0.25) is 0 Å². The molecule has 0 aliphatic heterocycles. The highest BCUT2D eigenvalue weighted by Crippen LogP contribution is 2.07. The van der Waals surface area contributed by atoms with Gasteiger partial charge < -0.3 is 14.7 Å². The molecule has 3 nitrogen and oxygen atoms in total. The van der Waals surface area contributed by atoms with Crippen LogP contribution in [0.4, 0.5) is 4.39 Å². The van der Waals surface area contributed by atoms with Gasteiger partial charge in [0.25, 0.3) is 0 Å². The molecule has 0 saturated carbocycles. The van der Waals surface area contributed by atoms with Crippen LogP contribution < -0.4 is 4.65 Å². The van der Waals surface area contributed by atoms with Gasteiger partial charge in [-0.2, -0.15) is 0 Å². The van der Waals surface area contributed by atoms with Crippen LogP contribution in [0.15, 0.2) is 43.2 Å². The van der Waals surface area contributed by atoms with Crippen LogP contribution in [0.5, 0.6) is 5.75 Å². The number of para-hydroxylation sites is 1. The molecule has 0 unspecified atom stereocenters. The number of hydrogen-bond acceptors (Lipinski definition) is 3. The minimum absolute atomic E-state index is 0.250. The minimum atomic E-state index is -1.73. The Morgan fingerprint density at radius 2 is 1.77 bits per heavy atom. The molecule has 0 radical (unpaired) electrons. The highest BCUT2D eigenvalue weighted by Gasteiger charge is 2.09. The fraction of sp³-hybridized carbons (Fsp3) is 0. The molecule has 0 fully saturated rings. The molecule has 0 aromatic heterocycles. The molecule has 0 aliphatic carbocycles. The average molecular weight is 184 g/mol. The molecular formula is C8H10BFO3. The topological polar surface area (TPSA) is 49.7 Å². The first kappa shape index (κ1) is 11.7. The Bertz CT molecular complexity index is 228. The van der Waals surface area contributed by atoms with Crippen molar-refractivity contribution in [1.29, 1.82) is 0 Å². The van der Waals surface area contributed by atoms with Crippen LogP contribution in [0, 0.1) is 0 Å². The van der Waals surface area contributed by atoms with Crippen LogP contribution in [0.2, 0.25) is 0 Å². The van der Waals surface area contributed by atoms with Gasteiger partial charge in [-0.25, -0.2) is 4.39 Å². The Balaban J connectivity index is 0.000000424. The second kappa shape index (κ2) is 7.33. The molecule has 1 aromatic rings. The molecule has 0 atom stereocenters. The number of benzene rings is 1. The van der Waals surface area contributed by atoms with E-state index in [4.69, 9.17) is 10.0 Å². The molecule has 1 rings (SSSR count). The molecule has 0 heterocycles. The van der Waals surface area contributed by atoms with E-state index in [2.05, 4.69) is 11.2 Å². The molecule has 0 saturated heterocycles. The van der Waals surface area contributed by atoms with Crippen molar-refractivity contribution in [2.45, 2.75) is 0 Å². The first-order chi connectivity index (χ1) is 6.20. The van der Waals surface area contributed by atoms with Crippen molar-refractivity contribution in [2.24, 2.45) is 0 Å². The Morgan fingerprint density at radius 1 is 1.31 bits per heavy atom. The van der Waals surface area contributed by atoms with Crippen LogP contribution >= 0.6 is 0 Å². The monoisotopic (exact) mass is 184 g/mol. The van der Waals surface area contributed by atoms with Gasteiger partial charge in [0.15, 0.2) is 0 Å². The summed E-state index contributed by atoms with van der Waals surface area (Å²) in [5.41, 5.74) is 0. The Morgan fingerprint density at radius 3 is 2.15 bits per heavy atom. The summed E-state index contributed by atoms with van der Waals surface area (Å²) in [6.45, 7) is 2.69. The van der Waals surface area contributed by atoms with Gasteiger partial charge in [-0.1, -0.05) is 24.8 Å². The minimum Gasteiger partial charge on any atom is -0.512 e. The third-order valence-corrected chi connectivity index (χ3v) is 0.985. The zero-order valence-electron chi connectivity index (χ0n) is 6.93. The van der Waals surface area contributed by atoms with Crippen LogP contribution in [-0.2, 0) is 0 Å². The Hall–Kier alpha value is -1.33. The van der Waals surface area contributed by atoms with E-state index >= 15 is 0 Å². The summed E-state index contributed by atoms with van der Waals surface area (Å²) in [6.07, 6.45) is 0.250. The van der Waals surface area contributed by atoms with Crippen LogP contribution in [0.3, 0.4) is 0 Å². The lowest BCUT2D eigenvalue weighted by Gasteiger charge is -2.01. The first-order valence-electron chi connectivity index (χ1n) is 3.49. The van der Waals surface area contributed by atoms with Crippen LogP contribution in [0.25, 0.3) is 0 Å². The maximum absolute atomic E-state index is 10.1.